The molecule has 1 unspecified atom stereocenters. The number of anilines is 1. The average molecular weight is 231 g/mol. The number of hydrogen-bond acceptors (Lipinski definition) is 2. The van der Waals surface area contributed by atoms with Crippen molar-refractivity contribution in [2.75, 3.05) is 11.4 Å². The van der Waals surface area contributed by atoms with Gasteiger partial charge in [-0.2, -0.15) is 0 Å². The van der Waals surface area contributed by atoms with Gasteiger partial charge in [0.1, 0.15) is 5.78 Å². The smallest absolute Gasteiger partial charge is 0.134 e. The number of carbonyl (C=O) groups excluding carboxylic acids is 1. The van der Waals surface area contributed by atoms with Gasteiger partial charge in [-0.1, -0.05) is 12.1 Å². The second kappa shape index (κ2) is 5.35. The zero-order valence-electron chi connectivity index (χ0n) is 10.8. The molecule has 2 nitrogen and oxygen atoms in total. The minimum Gasteiger partial charge on any atom is -0.368 e. The fourth-order valence-corrected chi connectivity index (χ4v) is 2.73. The third-order valence-electron chi connectivity index (χ3n) is 3.57. The van der Waals surface area contributed by atoms with Crippen LogP contribution in [-0.4, -0.2) is 18.4 Å². The maximum Gasteiger partial charge on any atom is 0.134 e. The minimum absolute atomic E-state index is 0.406. The highest BCUT2D eigenvalue weighted by Crippen LogP contribution is 2.26. The van der Waals surface area contributed by atoms with Gasteiger partial charge < -0.3 is 4.90 Å². The molecule has 0 radical (unpaired) electrons. The number of ketones is 1. The highest BCUT2D eigenvalue weighted by molar-refractivity contribution is 5.80. The van der Waals surface area contributed by atoms with E-state index in [2.05, 4.69) is 43.0 Å². The van der Waals surface area contributed by atoms with E-state index < -0.39 is 0 Å². The van der Waals surface area contributed by atoms with Crippen LogP contribution in [0.5, 0.6) is 0 Å². The normalized spacial score (nSPS) is 20.4. The first-order valence-electron chi connectivity index (χ1n) is 6.55. The summed E-state index contributed by atoms with van der Waals surface area (Å²) in [4.78, 5) is 13.9. The Labute approximate surface area is 104 Å². The lowest BCUT2D eigenvalue weighted by Crippen LogP contribution is -2.39. The maximum atomic E-state index is 11.6. The van der Waals surface area contributed by atoms with Crippen molar-refractivity contribution < 1.29 is 4.79 Å². The second-order valence-corrected chi connectivity index (χ2v) is 4.91. The molecular weight excluding hydrogens is 210 g/mol. The molecule has 0 aromatic heterocycles. The van der Waals surface area contributed by atoms with Crippen molar-refractivity contribution in [1.82, 2.24) is 0 Å². The molecule has 0 saturated heterocycles. The van der Waals surface area contributed by atoms with Crippen LogP contribution < -0.4 is 4.90 Å². The van der Waals surface area contributed by atoms with Gasteiger partial charge in [-0.05, 0) is 44.4 Å². The van der Waals surface area contributed by atoms with Crippen molar-refractivity contribution in [2.24, 2.45) is 0 Å². The summed E-state index contributed by atoms with van der Waals surface area (Å²) in [5.74, 6) is 0.423. The molecule has 1 aliphatic carbocycles. The molecule has 0 bridgehead atoms. The lowest BCUT2D eigenvalue weighted by molar-refractivity contribution is -0.120. The summed E-state index contributed by atoms with van der Waals surface area (Å²) in [6.07, 6.45) is 3.70. The van der Waals surface area contributed by atoms with Crippen LogP contribution in [-0.2, 0) is 4.79 Å². The molecule has 92 valence electrons. The fourth-order valence-electron chi connectivity index (χ4n) is 2.73. The van der Waals surface area contributed by atoms with Crippen LogP contribution in [0.25, 0.3) is 0 Å². The molecule has 1 atom stereocenters. The summed E-state index contributed by atoms with van der Waals surface area (Å²) in [6, 6.07) is 8.97. The van der Waals surface area contributed by atoms with Crippen LogP contribution in [0.3, 0.4) is 0 Å². The molecule has 1 fully saturated rings. The topological polar surface area (TPSA) is 20.3 Å². The molecule has 0 spiro atoms. The molecule has 0 N–H and O–H groups in total. The summed E-state index contributed by atoms with van der Waals surface area (Å²) >= 11 is 0. The van der Waals surface area contributed by atoms with Crippen molar-refractivity contribution in [1.29, 1.82) is 0 Å². The number of benzene rings is 1. The van der Waals surface area contributed by atoms with Gasteiger partial charge in [0.25, 0.3) is 0 Å². The summed E-state index contributed by atoms with van der Waals surface area (Å²) in [7, 11) is 0. The van der Waals surface area contributed by atoms with Crippen LogP contribution in [0.2, 0.25) is 0 Å². The van der Waals surface area contributed by atoms with E-state index in [1.54, 1.807) is 0 Å². The van der Waals surface area contributed by atoms with Crippen LogP contribution in [0.4, 0.5) is 5.69 Å². The highest BCUT2D eigenvalue weighted by atomic mass is 16.1. The summed E-state index contributed by atoms with van der Waals surface area (Å²) < 4.78 is 0. The van der Waals surface area contributed by atoms with Gasteiger partial charge in [0, 0.05) is 31.1 Å². The molecule has 0 aliphatic heterocycles. The van der Waals surface area contributed by atoms with Gasteiger partial charge in [-0.15, -0.1) is 0 Å². The predicted octanol–water partition coefficient (Wildman–Crippen LogP) is 3.33. The first-order chi connectivity index (χ1) is 8.20. The molecular formula is C15H21NO. The lowest BCUT2D eigenvalue weighted by Gasteiger charge is -2.35. The number of carbonyl (C=O) groups is 1. The van der Waals surface area contributed by atoms with E-state index in [1.165, 1.54) is 11.3 Å². The van der Waals surface area contributed by atoms with Gasteiger partial charge in [0.2, 0.25) is 0 Å². The molecule has 17 heavy (non-hydrogen) atoms. The molecule has 1 aliphatic rings. The van der Waals surface area contributed by atoms with E-state index in [-0.39, 0.29) is 0 Å². The van der Waals surface area contributed by atoms with Gasteiger partial charge in [-0.25, -0.2) is 0 Å². The Morgan fingerprint density at radius 3 is 2.88 bits per heavy atom. The van der Waals surface area contributed by atoms with Crippen molar-refractivity contribution in [3.63, 3.8) is 0 Å². The number of rotatable bonds is 3. The standard InChI is InChI=1S/C15H21NO/c1-3-16(13-7-4-6-12(2)10-13)14-8-5-9-15(17)11-14/h4,6-7,10,14H,3,5,8-9,11H2,1-2H3. The van der Waals surface area contributed by atoms with E-state index >= 15 is 0 Å². The number of hydrogen-bond donors (Lipinski definition) is 0. The Kier molecular flexibility index (Phi) is 3.82. The third kappa shape index (κ3) is 2.87. The monoisotopic (exact) mass is 231 g/mol. The zero-order chi connectivity index (χ0) is 12.3. The zero-order valence-corrected chi connectivity index (χ0v) is 10.8. The second-order valence-electron chi connectivity index (χ2n) is 4.91. The van der Waals surface area contributed by atoms with E-state index in [0.717, 1.165) is 32.2 Å². The number of aryl methyl sites for hydroxylation is 1. The molecule has 1 saturated carbocycles. The quantitative estimate of drug-likeness (QED) is 0.795. The Morgan fingerprint density at radius 2 is 2.24 bits per heavy atom. The largest absolute Gasteiger partial charge is 0.368 e. The Bertz CT molecular complexity index is 400. The summed E-state index contributed by atoms with van der Waals surface area (Å²) in [5, 5.41) is 0. The Balaban J connectivity index is 2.18. The Hall–Kier alpha value is -1.31. The van der Waals surface area contributed by atoms with Crippen LogP contribution >= 0.6 is 0 Å². The minimum atomic E-state index is 0.406. The molecule has 0 amide bonds. The van der Waals surface area contributed by atoms with Crippen LogP contribution in [0, 0.1) is 6.92 Å². The SMILES string of the molecule is CCN(c1cccc(C)c1)C1CCCC(=O)C1. The Morgan fingerprint density at radius 1 is 1.41 bits per heavy atom. The molecule has 1 aromatic rings. The van der Waals surface area contributed by atoms with Crippen LogP contribution in [0.15, 0.2) is 24.3 Å². The molecule has 2 rings (SSSR count). The predicted molar refractivity (Wildman–Crippen MR) is 71.5 cm³/mol. The highest BCUT2D eigenvalue weighted by Gasteiger charge is 2.24. The first-order valence-corrected chi connectivity index (χ1v) is 6.55. The third-order valence-corrected chi connectivity index (χ3v) is 3.57. The van der Waals surface area contributed by atoms with Crippen LogP contribution in [0.1, 0.15) is 38.2 Å². The number of nitrogens with zero attached hydrogens (tertiary/aromatic N) is 1. The van der Waals surface area contributed by atoms with Crippen molar-refractivity contribution >= 4 is 11.5 Å². The van der Waals surface area contributed by atoms with E-state index in [9.17, 15) is 4.79 Å². The molecule has 0 heterocycles. The first kappa shape index (κ1) is 12.2. The van der Waals surface area contributed by atoms with E-state index in [1.807, 2.05) is 0 Å². The van der Waals surface area contributed by atoms with Gasteiger partial charge in [0.05, 0.1) is 0 Å². The lowest BCUT2D eigenvalue weighted by atomic mass is 9.92. The van der Waals surface area contributed by atoms with Crippen molar-refractivity contribution in [3.05, 3.63) is 29.8 Å². The maximum absolute atomic E-state index is 11.6. The van der Waals surface area contributed by atoms with E-state index in [4.69, 9.17) is 0 Å². The van der Waals surface area contributed by atoms with Gasteiger partial charge in [0.15, 0.2) is 0 Å². The average Bonchev–Trinajstić information content (AvgIpc) is 2.30. The van der Waals surface area contributed by atoms with Gasteiger partial charge >= 0.3 is 0 Å². The van der Waals surface area contributed by atoms with E-state index in [0.29, 0.717) is 11.8 Å². The molecule has 1 aromatic carbocycles. The van der Waals surface area contributed by atoms with Crippen molar-refractivity contribution in [2.45, 2.75) is 45.6 Å². The summed E-state index contributed by atoms with van der Waals surface area (Å²) in [6.45, 7) is 5.26. The number of Topliss-reactive ketones (excluding diaryl/α,β-unsaturated/α-hetero) is 1. The fraction of sp³-hybridized carbons (Fsp3) is 0.533. The molecule has 2 heteroatoms. The van der Waals surface area contributed by atoms with Crippen molar-refractivity contribution in [3.8, 4) is 0 Å². The van der Waals surface area contributed by atoms with Gasteiger partial charge in [-0.3, -0.25) is 4.79 Å². The summed E-state index contributed by atoms with van der Waals surface area (Å²) in [5.41, 5.74) is 2.54.